The van der Waals surface area contributed by atoms with Gasteiger partial charge < -0.3 is 9.73 Å². The lowest BCUT2D eigenvalue weighted by Crippen LogP contribution is -2.37. The van der Waals surface area contributed by atoms with E-state index in [-0.39, 0.29) is 23.1 Å². The predicted octanol–water partition coefficient (Wildman–Crippen LogP) is 4.80. The Hall–Kier alpha value is -2.19. The second kappa shape index (κ2) is 8.87. The van der Waals surface area contributed by atoms with E-state index in [1.54, 1.807) is 0 Å². The first-order valence-corrected chi connectivity index (χ1v) is 10.8. The number of thioether (sulfide) groups is 1. The first kappa shape index (κ1) is 20.5. The summed E-state index contributed by atoms with van der Waals surface area (Å²) in [4.78, 5) is 18.1. The van der Waals surface area contributed by atoms with Crippen LogP contribution in [0.15, 0.2) is 40.0 Å². The quantitative estimate of drug-likeness (QED) is 0.557. The standard InChI is InChI=1S/C20H24N4O2S2/c1-11(2)16(18(25)22-12(3)15-9-7-6-8-10-15)28-20-24-23-19(26-20)17-13(4)21-14(5)27-17/h6-12,16H,1-5H3,(H,22,25). The van der Waals surface area contributed by atoms with Gasteiger partial charge in [0.2, 0.25) is 5.91 Å². The maximum Gasteiger partial charge on any atom is 0.277 e. The highest BCUT2D eigenvalue weighted by Crippen LogP contribution is 2.33. The fraction of sp³-hybridized carbons (Fsp3) is 0.400. The summed E-state index contributed by atoms with van der Waals surface area (Å²) in [6.45, 7) is 9.87. The molecule has 2 aromatic heterocycles. The first-order valence-electron chi connectivity index (χ1n) is 9.15. The van der Waals surface area contributed by atoms with Crippen LogP contribution in [0.5, 0.6) is 0 Å². The Bertz CT molecular complexity index is 937. The van der Waals surface area contributed by atoms with Crippen molar-refractivity contribution >= 4 is 29.0 Å². The topological polar surface area (TPSA) is 80.9 Å². The minimum atomic E-state index is -0.330. The molecule has 0 aliphatic rings. The summed E-state index contributed by atoms with van der Waals surface area (Å²) >= 11 is 2.82. The van der Waals surface area contributed by atoms with E-state index in [2.05, 4.69) is 20.5 Å². The van der Waals surface area contributed by atoms with Gasteiger partial charge in [0, 0.05) is 0 Å². The van der Waals surface area contributed by atoms with E-state index in [0.29, 0.717) is 11.1 Å². The molecule has 1 aromatic carbocycles. The number of thiazole rings is 1. The maximum absolute atomic E-state index is 12.9. The summed E-state index contributed by atoms with van der Waals surface area (Å²) in [5.74, 6) is 0.516. The Kier molecular flexibility index (Phi) is 6.51. The fourth-order valence-electron chi connectivity index (χ4n) is 2.80. The second-order valence-corrected chi connectivity index (χ2v) is 9.24. The van der Waals surface area contributed by atoms with Gasteiger partial charge in [-0.2, -0.15) is 0 Å². The number of hydrogen-bond acceptors (Lipinski definition) is 7. The lowest BCUT2D eigenvalue weighted by Gasteiger charge is -2.21. The van der Waals surface area contributed by atoms with Gasteiger partial charge in [0.05, 0.1) is 22.0 Å². The molecule has 0 spiro atoms. The summed E-state index contributed by atoms with van der Waals surface area (Å²) in [6, 6.07) is 9.84. The molecule has 0 aliphatic carbocycles. The molecule has 0 radical (unpaired) electrons. The fourth-order valence-corrected chi connectivity index (χ4v) is 4.52. The van der Waals surface area contributed by atoms with E-state index >= 15 is 0 Å². The summed E-state index contributed by atoms with van der Waals surface area (Å²) in [6.07, 6.45) is 0. The van der Waals surface area contributed by atoms with E-state index in [1.165, 1.54) is 23.1 Å². The monoisotopic (exact) mass is 416 g/mol. The number of aromatic nitrogens is 3. The Balaban J connectivity index is 1.71. The van der Waals surface area contributed by atoms with Crippen molar-refractivity contribution in [2.24, 2.45) is 5.92 Å². The minimum Gasteiger partial charge on any atom is -0.410 e. The molecule has 0 aliphatic heterocycles. The maximum atomic E-state index is 12.9. The molecule has 3 rings (SSSR count). The molecule has 0 fully saturated rings. The number of nitrogens with one attached hydrogen (secondary N) is 1. The van der Waals surface area contributed by atoms with Gasteiger partial charge >= 0.3 is 0 Å². The molecule has 8 heteroatoms. The molecular weight excluding hydrogens is 392 g/mol. The molecule has 148 valence electrons. The molecule has 0 bridgehead atoms. The highest BCUT2D eigenvalue weighted by molar-refractivity contribution is 8.00. The average Bonchev–Trinajstić information content (AvgIpc) is 3.25. The lowest BCUT2D eigenvalue weighted by molar-refractivity contribution is -0.121. The van der Waals surface area contributed by atoms with Crippen molar-refractivity contribution in [1.82, 2.24) is 20.5 Å². The molecule has 6 nitrogen and oxygen atoms in total. The van der Waals surface area contributed by atoms with Gasteiger partial charge in [-0.1, -0.05) is 55.9 Å². The van der Waals surface area contributed by atoms with Gasteiger partial charge in [0.25, 0.3) is 11.1 Å². The Labute approximate surface area is 173 Å². The molecule has 2 atom stereocenters. The van der Waals surface area contributed by atoms with Crippen molar-refractivity contribution in [3.63, 3.8) is 0 Å². The number of carbonyl (C=O) groups excluding carboxylic acids is 1. The number of amides is 1. The van der Waals surface area contributed by atoms with Crippen LogP contribution < -0.4 is 5.32 Å². The Morgan fingerprint density at radius 3 is 2.46 bits per heavy atom. The third-order valence-corrected chi connectivity index (χ3v) is 6.69. The van der Waals surface area contributed by atoms with E-state index in [9.17, 15) is 4.79 Å². The molecule has 1 N–H and O–H groups in total. The molecular formula is C20H24N4O2S2. The summed E-state index contributed by atoms with van der Waals surface area (Å²) in [5, 5.41) is 12.4. The highest BCUT2D eigenvalue weighted by Gasteiger charge is 2.28. The van der Waals surface area contributed by atoms with E-state index in [4.69, 9.17) is 4.42 Å². The zero-order valence-corrected chi connectivity index (χ0v) is 18.2. The zero-order valence-electron chi connectivity index (χ0n) is 16.6. The Morgan fingerprint density at radius 1 is 1.14 bits per heavy atom. The summed E-state index contributed by atoms with van der Waals surface area (Å²) < 4.78 is 5.82. The lowest BCUT2D eigenvalue weighted by atomic mass is 10.1. The first-order chi connectivity index (χ1) is 13.3. The SMILES string of the molecule is Cc1nc(C)c(-c2nnc(SC(C(=O)NC(C)c3ccccc3)C(C)C)o2)s1. The molecule has 3 aromatic rings. The van der Waals surface area contributed by atoms with Crippen LogP contribution in [0, 0.1) is 19.8 Å². The average molecular weight is 417 g/mol. The number of rotatable bonds is 7. The summed E-state index contributed by atoms with van der Waals surface area (Å²) in [5.41, 5.74) is 1.94. The van der Waals surface area contributed by atoms with Gasteiger partial charge in [0.1, 0.15) is 4.88 Å². The normalized spacial score (nSPS) is 13.5. The van der Waals surface area contributed by atoms with Crippen LogP contribution in [0.2, 0.25) is 0 Å². The molecule has 0 saturated heterocycles. The van der Waals surface area contributed by atoms with Gasteiger partial charge in [-0.25, -0.2) is 4.98 Å². The van der Waals surface area contributed by atoms with Crippen molar-refractivity contribution in [3.05, 3.63) is 46.6 Å². The zero-order chi connectivity index (χ0) is 20.3. The molecule has 0 saturated carbocycles. The molecule has 2 unspecified atom stereocenters. The Morgan fingerprint density at radius 2 is 1.86 bits per heavy atom. The van der Waals surface area contributed by atoms with Crippen LogP contribution in [0.3, 0.4) is 0 Å². The highest BCUT2D eigenvalue weighted by atomic mass is 32.2. The summed E-state index contributed by atoms with van der Waals surface area (Å²) in [7, 11) is 0. The number of benzene rings is 1. The van der Waals surface area contributed by atoms with Crippen molar-refractivity contribution in [1.29, 1.82) is 0 Å². The van der Waals surface area contributed by atoms with Crippen LogP contribution in [0.25, 0.3) is 10.8 Å². The number of nitrogens with zero attached hydrogens (tertiary/aromatic N) is 3. The van der Waals surface area contributed by atoms with Crippen LogP contribution in [0.4, 0.5) is 0 Å². The largest absolute Gasteiger partial charge is 0.410 e. The van der Waals surface area contributed by atoms with Crippen LogP contribution in [-0.2, 0) is 4.79 Å². The van der Waals surface area contributed by atoms with Crippen molar-refractivity contribution in [2.45, 2.75) is 51.1 Å². The van der Waals surface area contributed by atoms with Gasteiger partial charge in [-0.05, 0) is 32.3 Å². The number of hydrogen-bond donors (Lipinski definition) is 1. The van der Waals surface area contributed by atoms with Crippen LogP contribution >= 0.6 is 23.1 Å². The predicted molar refractivity (Wildman–Crippen MR) is 112 cm³/mol. The second-order valence-electron chi connectivity index (χ2n) is 6.94. The third kappa shape index (κ3) is 4.80. The smallest absolute Gasteiger partial charge is 0.277 e. The van der Waals surface area contributed by atoms with Crippen LogP contribution in [-0.4, -0.2) is 26.3 Å². The van der Waals surface area contributed by atoms with E-state index < -0.39 is 0 Å². The third-order valence-electron chi connectivity index (χ3n) is 4.25. The van der Waals surface area contributed by atoms with Gasteiger partial charge in [0.15, 0.2) is 0 Å². The van der Waals surface area contributed by atoms with Gasteiger partial charge in [-0.3, -0.25) is 4.79 Å². The number of aryl methyl sites for hydroxylation is 2. The van der Waals surface area contributed by atoms with Gasteiger partial charge in [-0.15, -0.1) is 21.5 Å². The molecule has 1 amide bonds. The minimum absolute atomic E-state index is 0.0408. The molecule has 2 heterocycles. The number of carbonyl (C=O) groups is 1. The van der Waals surface area contributed by atoms with E-state index in [1.807, 2.05) is 65.0 Å². The van der Waals surface area contributed by atoms with Crippen molar-refractivity contribution in [2.75, 3.05) is 0 Å². The van der Waals surface area contributed by atoms with Crippen LogP contribution in [0.1, 0.15) is 43.1 Å². The van der Waals surface area contributed by atoms with Crippen molar-refractivity contribution < 1.29 is 9.21 Å². The van der Waals surface area contributed by atoms with Crippen molar-refractivity contribution in [3.8, 4) is 10.8 Å². The van der Waals surface area contributed by atoms with E-state index in [0.717, 1.165) is 21.1 Å². The molecule has 28 heavy (non-hydrogen) atoms.